The number of aryl methyl sites for hydroxylation is 3. The SMILES string of the molecule is Cc1cc(C)n(-c2cc(NCCNS(=O)(=O)c3ccc4nc(C)sc4c3)ncn2)n1. The summed E-state index contributed by atoms with van der Waals surface area (Å²) in [6, 6.07) is 8.69. The number of fused-ring (bicyclic) bond motifs is 1. The van der Waals surface area contributed by atoms with E-state index in [0.717, 1.165) is 26.6 Å². The number of nitrogens with one attached hydrogen (secondary N) is 2. The van der Waals surface area contributed by atoms with Gasteiger partial charge in [0.05, 0.1) is 25.8 Å². The summed E-state index contributed by atoms with van der Waals surface area (Å²) < 4.78 is 30.4. The van der Waals surface area contributed by atoms with Crippen molar-refractivity contribution in [1.29, 1.82) is 0 Å². The van der Waals surface area contributed by atoms with Crippen molar-refractivity contribution in [3.63, 3.8) is 0 Å². The van der Waals surface area contributed by atoms with E-state index in [1.165, 1.54) is 17.7 Å². The zero-order chi connectivity index (χ0) is 21.3. The first kappa shape index (κ1) is 20.4. The summed E-state index contributed by atoms with van der Waals surface area (Å²) in [5.41, 5.74) is 2.68. The molecule has 1 aromatic carbocycles. The van der Waals surface area contributed by atoms with Gasteiger partial charge in [-0.25, -0.2) is 32.8 Å². The predicted molar refractivity (Wildman–Crippen MR) is 117 cm³/mol. The molecule has 0 spiro atoms. The third kappa shape index (κ3) is 4.32. The molecule has 30 heavy (non-hydrogen) atoms. The highest BCUT2D eigenvalue weighted by Gasteiger charge is 2.15. The zero-order valence-corrected chi connectivity index (χ0v) is 18.4. The minimum absolute atomic E-state index is 0.210. The van der Waals surface area contributed by atoms with Gasteiger partial charge in [-0.05, 0) is 45.0 Å². The van der Waals surface area contributed by atoms with Crippen LogP contribution in [-0.2, 0) is 10.0 Å². The molecule has 0 atom stereocenters. The lowest BCUT2D eigenvalue weighted by Gasteiger charge is -2.09. The number of thiazole rings is 1. The molecular weight excluding hydrogens is 422 g/mol. The summed E-state index contributed by atoms with van der Waals surface area (Å²) in [6.07, 6.45) is 1.45. The third-order valence-corrected chi connectivity index (χ3v) is 6.77. The van der Waals surface area contributed by atoms with Crippen LogP contribution in [0.15, 0.2) is 41.6 Å². The van der Waals surface area contributed by atoms with Crippen LogP contribution in [0.1, 0.15) is 16.4 Å². The van der Waals surface area contributed by atoms with Crippen LogP contribution in [0, 0.1) is 20.8 Å². The summed E-state index contributed by atoms with van der Waals surface area (Å²) in [7, 11) is -3.61. The van der Waals surface area contributed by atoms with E-state index < -0.39 is 10.0 Å². The van der Waals surface area contributed by atoms with E-state index in [-0.39, 0.29) is 11.4 Å². The molecule has 0 saturated heterocycles. The summed E-state index contributed by atoms with van der Waals surface area (Å²) >= 11 is 1.47. The molecule has 4 aromatic rings. The van der Waals surface area contributed by atoms with E-state index in [2.05, 4.69) is 30.1 Å². The Morgan fingerprint density at radius 1 is 1.07 bits per heavy atom. The Balaban J connectivity index is 1.38. The molecule has 0 radical (unpaired) electrons. The molecule has 0 saturated carbocycles. The van der Waals surface area contributed by atoms with Gasteiger partial charge in [0.25, 0.3) is 0 Å². The molecule has 4 rings (SSSR count). The Morgan fingerprint density at radius 3 is 2.67 bits per heavy atom. The number of hydrogen-bond acceptors (Lipinski definition) is 8. The molecule has 3 heterocycles. The second kappa shape index (κ2) is 8.09. The fourth-order valence-corrected chi connectivity index (χ4v) is 5.07. The maximum Gasteiger partial charge on any atom is 0.240 e. The van der Waals surface area contributed by atoms with Gasteiger partial charge in [0, 0.05) is 24.8 Å². The molecule has 0 bridgehead atoms. The molecule has 2 N–H and O–H groups in total. The molecule has 0 unspecified atom stereocenters. The Kier molecular flexibility index (Phi) is 5.50. The summed E-state index contributed by atoms with van der Waals surface area (Å²) in [5, 5.41) is 8.43. The third-order valence-electron chi connectivity index (χ3n) is 4.38. The highest BCUT2D eigenvalue weighted by molar-refractivity contribution is 7.89. The second-order valence-corrected chi connectivity index (χ2v) is 9.79. The lowest BCUT2D eigenvalue weighted by Crippen LogP contribution is -2.29. The molecule has 156 valence electrons. The van der Waals surface area contributed by atoms with Gasteiger partial charge < -0.3 is 5.32 Å². The van der Waals surface area contributed by atoms with E-state index in [1.807, 2.05) is 26.8 Å². The lowest BCUT2D eigenvalue weighted by atomic mass is 10.3. The zero-order valence-electron chi connectivity index (χ0n) is 16.7. The minimum Gasteiger partial charge on any atom is -0.369 e. The van der Waals surface area contributed by atoms with Crippen molar-refractivity contribution in [3.05, 3.63) is 53.1 Å². The first-order valence-corrected chi connectivity index (χ1v) is 11.6. The molecule has 0 amide bonds. The fraction of sp³-hybridized carbons (Fsp3) is 0.263. The summed E-state index contributed by atoms with van der Waals surface area (Å²) in [6.45, 7) is 6.35. The van der Waals surface area contributed by atoms with Gasteiger partial charge in [-0.2, -0.15) is 5.10 Å². The Labute approximate surface area is 178 Å². The molecular formula is C19H21N7O2S2. The molecule has 0 aliphatic carbocycles. The van der Waals surface area contributed by atoms with Crippen LogP contribution >= 0.6 is 11.3 Å². The standard InChI is InChI=1S/C19H21N7O2S2/c1-12-8-13(2)26(25-12)19-10-18(21-11-22-19)20-6-7-23-30(27,28)15-4-5-16-17(9-15)29-14(3)24-16/h4-5,8-11,23H,6-7H2,1-3H3,(H,20,21,22). The van der Waals surface area contributed by atoms with Crippen LogP contribution in [0.5, 0.6) is 0 Å². The average Bonchev–Trinajstić information content (AvgIpc) is 3.25. The van der Waals surface area contributed by atoms with Gasteiger partial charge in [0.15, 0.2) is 5.82 Å². The van der Waals surface area contributed by atoms with Crippen molar-refractivity contribution in [1.82, 2.24) is 29.5 Å². The highest BCUT2D eigenvalue weighted by Crippen LogP contribution is 2.24. The number of aromatic nitrogens is 5. The van der Waals surface area contributed by atoms with Crippen LogP contribution < -0.4 is 10.0 Å². The van der Waals surface area contributed by atoms with Crippen molar-refractivity contribution in [3.8, 4) is 5.82 Å². The molecule has 0 fully saturated rings. The normalized spacial score (nSPS) is 11.8. The van der Waals surface area contributed by atoms with Gasteiger partial charge in [0.1, 0.15) is 12.1 Å². The van der Waals surface area contributed by atoms with Gasteiger partial charge in [-0.1, -0.05) is 0 Å². The van der Waals surface area contributed by atoms with Crippen LogP contribution in [0.4, 0.5) is 5.82 Å². The van der Waals surface area contributed by atoms with Crippen molar-refractivity contribution in [2.45, 2.75) is 25.7 Å². The van der Waals surface area contributed by atoms with Gasteiger partial charge >= 0.3 is 0 Å². The molecule has 3 aromatic heterocycles. The number of benzene rings is 1. The average molecular weight is 444 g/mol. The Hall–Kier alpha value is -2.89. The predicted octanol–water partition coefficient (Wildman–Crippen LogP) is 2.59. The molecule has 9 nitrogen and oxygen atoms in total. The van der Waals surface area contributed by atoms with Crippen LogP contribution in [-0.4, -0.2) is 46.2 Å². The molecule has 0 aliphatic heterocycles. The summed E-state index contributed by atoms with van der Waals surface area (Å²) in [5.74, 6) is 1.24. The Bertz CT molecular complexity index is 1310. The molecule has 11 heteroatoms. The van der Waals surface area contributed by atoms with Crippen LogP contribution in [0.3, 0.4) is 0 Å². The van der Waals surface area contributed by atoms with E-state index >= 15 is 0 Å². The number of hydrogen-bond donors (Lipinski definition) is 2. The minimum atomic E-state index is -3.61. The monoisotopic (exact) mass is 443 g/mol. The van der Waals surface area contributed by atoms with Crippen molar-refractivity contribution in [2.75, 3.05) is 18.4 Å². The fourth-order valence-electron chi connectivity index (χ4n) is 3.07. The Morgan fingerprint density at radius 2 is 1.90 bits per heavy atom. The van der Waals surface area contributed by atoms with Crippen molar-refractivity contribution < 1.29 is 8.42 Å². The number of nitrogens with zero attached hydrogens (tertiary/aromatic N) is 5. The van der Waals surface area contributed by atoms with Crippen LogP contribution in [0.25, 0.3) is 16.0 Å². The number of rotatable bonds is 7. The van der Waals surface area contributed by atoms with Gasteiger partial charge in [-0.15, -0.1) is 11.3 Å². The number of anilines is 1. The molecule has 0 aliphatic rings. The lowest BCUT2D eigenvalue weighted by molar-refractivity contribution is 0.583. The van der Waals surface area contributed by atoms with Crippen molar-refractivity contribution >= 4 is 37.4 Å². The van der Waals surface area contributed by atoms with E-state index in [1.54, 1.807) is 28.9 Å². The summed E-state index contributed by atoms with van der Waals surface area (Å²) in [4.78, 5) is 13.0. The maximum absolute atomic E-state index is 12.6. The first-order chi connectivity index (χ1) is 14.3. The first-order valence-electron chi connectivity index (χ1n) is 9.28. The number of sulfonamides is 1. The topological polar surface area (TPSA) is 115 Å². The smallest absolute Gasteiger partial charge is 0.240 e. The van der Waals surface area contributed by atoms with Crippen LogP contribution in [0.2, 0.25) is 0 Å². The van der Waals surface area contributed by atoms with E-state index in [9.17, 15) is 8.42 Å². The highest BCUT2D eigenvalue weighted by atomic mass is 32.2. The van der Waals surface area contributed by atoms with Crippen molar-refractivity contribution in [2.24, 2.45) is 0 Å². The largest absolute Gasteiger partial charge is 0.369 e. The van der Waals surface area contributed by atoms with E-state index in [4.69, 9.17) is 0 Å². The second-order valence-electron chi connectivity index (χ2n) is 6.79. The van der Waals surface area contributed by atoms with Gasteiger partial charge in [-0.3, -0.25) is 0 Å². The van der Waals surface area contributed by atoms with Gasteiger partial charge in [0.2, 0.25) is 10.0 Å². The maximum atomic E-state index is 12.6. The van der Waals surface area contributed by atoms with E-state index in [0.29, 0.717) is 18.2 Å². The quantitative estimate of drug-likeness (QED) is 0.422.